The smallest absolute Gasteiger partial charge is 0.227 e. The predicted octanol–water partition coefficient (Wildman–Crippen LogP) is 2.35. The van der Waals surface area contributed by atoms with Crippen molar-refractivity contribution in [3.63, 3.8) is 0 Å². The van der Waals surface area contributed by atoms with Crippen molar-refractivity contribution in [2.45, 2.75) is 58.9 Å². The van der Waals surface area contributed by atoms with Gasteiger partial charge >= 0.3 is 0 Å². The Morgan fingerprint density at radius 1 is 1.41 bits per heavy atom. The molecule has 1 amide bonds. The van der Waals surface area contributed by atoms with E-state index in [9.17, 15) is 4.79 Å². The predicted molar refractivity (Wildman–Crippen MR) is 89.2 cm³/mol. The van der Waals surface area contributed by atoms with Crippen LogP contribution in [0.2, 0.25) is 0 Å². The van der Waals surface area contributed by atoms with Gasteiger partial charge in [0.25, 0.3) is 0 Å². The van der Waals surface area contributed by atoms with E-state index in [1.165, 1.54) is 0 Å². The largest absolute Gasteiger partial charge is 0.361 e. The Labute approximate surface area is 139 Å². The summed E-state index contributed by atoms with van der Waals surface area (Å²) in [5.74, 6) is 1.65. The number of likely N-dealkylation sites (tertiary alicyclic amines) is 1. The van der Waals surface area contributed by atoms with Crippen molar-refractivity contribution in [2.24, 2.45) is 11.7 Å². The van der Waals surface area contributed by atoms with Gasteiger partial charge in [0.2, 0.25) is 5.91 Å². The highest BCUT2D eigenvalue weighted by Crippen LogP contribution is 2.24. The fourth-order valence-corrected chi connectivity index (χ4v) is 3.19. The summed E-state index contributed by atoms with van der Waals surface area (Å²) in [6.45, 7) is 7.65. The molecule has 22 heavy (non-hydrogen) atoms. The molecule has 0 radical (unpaired) electrons. The van der Waals surface area contributed by atoms with Crippen molar-refractivity contribution < 1.29 is 9.32 Å². The molecule has 2 unspecified atom stereocenters. The first-order valence-electron chi connectivity index (χ1n) is 8.06. The van der Waals surface area contributed by atoms with E-state index in [1.54, 1.807) is 0 Å². The first-order valence-corrected chi connectivity index (χ1v) is 8.06. The molecule has 2 atom stereocenters. The van der Waals surface area contributed by atoms with Crippen LogP contribution in [-0.2, 0) is 24.1 Å². The van der Waals surface area contributed by atoms with Crippen LogP contribution >= 0.6 is 12.4 Å². The zero-order chi connectivity index (χ0) is 15.4. The Morgan fingerprint density at radius 3 is 2.73 bits per heavy atom. The summed E-state index contributed by atoms with van der Waals surface area (Å²) in [7, 11) is 0. The lowest BCUT2D eigenvalue weighted by molar-refractivity contribution is -0.134. The minimum absolute atomic E-state index is 0. The van der Waals surface area contributed by atoms with Crippen LogP contribution in [-0.4, -0.2) is 35.1 Å². The van der Waals surface area contributed by atoms with Crippen molar-refractivity contribution in [1.29, 1.82) is 0 Å². The van der Waals surface area contributed by atoms with Crippen LogP contribution in [0, 0.1) is 5.92 Å². The number of hydrogen-bond donors (Lipinski definition) is 1. The first kappa shape index (κ1) is 19.0. The van der Waals surface area contributed by atoms with E-state index in [1.807, 2.05) is 18.7 Å². The molecule has 1 aromatic heterocycles. The van der Waals surface area contributed by atoms with Crippen LogP contribution in [0.5, 0.6) is 0 Å². The zero-order valence-electron chi connectivity index (χ0n) is 13.8. The molecule has 6 heteroatoms. The van der Waals surface area contributed by atoms with Crippen LogP contribution in [0.15, 0.2) is 4.52 Å². The van der Waals surface area contributed by atoms with Crippen molar-refractivity contribution in [2.75, 3.05) is 13.1 Å². The highest BCUT2D eigenvalue weighted by molar-refractivity contribution is 5.85. The molecule has 1 fully saturated rings. The van der Waals surface area contributed by atoms with Crippen LogP contribution in [0.25, 0.3) is 0 Å². The molecule has 2 rings (SSSR count). The number of amides is 1. The Hall–Kier alpha value is -1.07. The van der Waals surface area contributed by atoms with E-state index in [0.717, 1.165) is 49.2 Å². The number of rotatable bonds is 5. The number of carbonyl (C=O) groups excluding carboxylic acids is 1. The quantitative estimate of drug-likeness (QED) is 0.900. The Kier molecular flexibility index (Phi) is 7.36. The standard InChI is InChI=1S/C16H27N3O2.ClH/c1-4-14-13(15(5-2)21-18-14)9-16(20)19-7-6-11(3)8-12(19)10-17;/h11-12H,4-10,17H2,1-3H3;1H. The second-order valence-corrected chi connectivity index (χ2v) is 6.02. The fraction of sp³-hybridized carbons (Fsp3) is 0.750. The van der Waals surface area contributed by atoms with E-state index >= 15 is 0 Å². The number of nitrogens with zero attached hydrogens (tertiary/aromatic N) is 2. The second kappa shape index (κ2) is 8.53. The molecule has 0 aliphatic carbocycles. The van der Waals surface area contributed by atoms with Crippen molar-refractivity contribution in [3.8, 4) is 0 Å². The van der Waals surface area contributed by atoms with Crippen molar-refractivity contribution >= 4 is 18.3 Å². The molecular formula is C16H28ClN3O2. The van der Waals surface area contributed by atoms with E-state index in [-0.39, 0.29) is 24.4 Å². The second-order valence-electron chi connectivity index (χ2n) is 6.02. The lowest BCUT2D eigenvalue weighted by atomic mass is 9.91. The van der Waals surface area contributed by atoms with Crippen LogP contribution < -0.4 is 5.73 Å². The van der Waals surface area contributed by atoms with Gasteiger partial charge < -0.3 is 15.2 Å². The van der Waals surface area contributed by atoms with Crippen LogP contribution in [0.4, 0.5) is 0 Å². The number of hydrogen-bond acceptors (Lipinski definition) is 4. The minimum atomic E-state index is 0. The molecule has 1 aliphatic rings. The van der Waals surface area contributed by atoms with Gasteiger partial charge in [0, 0.05) is 31.1 Å². The summed E-state index contributed by atoms with van der Waals surface area (Å²) >= 11 is 0. The Bertz CT molecular complexity index is 468. The molecule has 0 aromatic carbocycles. The summed E-state index contributed by atoms with van der Waals surface area (Å²) in [5, 5.41) is 4.08. The van der Waals surface area contributed by atoms with Gasteiger partial charge in [0.15, 0.2) is 0 Å². The third-order valence-corrected chi connectivity index (χ3v) is 4.51. The highest BCUT2D eigenvalue weighted by atomic mass is 35.5. The van der Waals surface area contributed by atoms with Gasteiger partial charge in [-0.05, 0) is 25.2 Å². The lowest BCUT2D eigenvalue weighted by Gasteiger charge is -2.38. The molecule has 2 heterocycles. The molecule has 2 N–H and O–H groups in total. The molecule has 1 aliphatic heterocycles. The average molecular weight is 330 g/mol. The van der Waals surface area contributed by atoms with Gasteiger partial charge in [-0.3, -0.25) is 4.79 Å². The molecular weight excluding hydrogens is 302 g/mol. The van der Waals surface area contributed by atoms with Gasteiger partial charge in [-0.1, -0.05) is 25.9 Å². The first-order chi connectivity index (χ1) is 10.1. The average Bonchev–Trinajstić information content (AvgIpc) is 2.88. The fourth-order valence-electron chi connectivity index (χ4n) is 3.19. The third kappa shape index (κ3) is 4.02. The summed E-state index contributed by atoms with van der Waals surface area (Å²) in [6, 6.07) is 0.177. The van der Waals surface area contributed by atoms with Gasteiger partial charge in [-0.25, -0.2) is 0 Å². The van der Waals surface area contributed by atoms with Gasteiger partial charge in [-0.15, -0.1) is 12.4 Å². The topological polar surface area (TPSA) is 72.4 Å². The minimum Gasteiger partial charge on any atom is -0.361 e. The van der Waals surface area contributed by atoms with Crippen molar-refractivity contribution in [3.05, 3.63) is 17.0 Å². The van der Waals surface area contributed by atoms with E-state index in [4.69, 9.17) is 10.3 Å². The molecule has 0 bridgehead atoms. The third-order valence-electron chi connectivity index (χ3n) is 4.51. The van der Waals surface area contributed by atoms with Gasteiger partial charge in [0.05, 0.1) is 12.1 Å². The monoisotopic (exact) mass is 329 g/mol. The number of piperidine rings is 1. The van der Waals surface area contributed by atoms with E-state index in [0.29, 0.717) is 18.9 Å². The van der Waals surface area contributed by atoms with E-state index in [2.05, 4.69) is 12.1 Å². The molecule has 1 aromatic rings. The Balaban J connectivity index is 0.00000242. The molecule has 126 valence electrons. The number of aryl methyl sites for hydroxylation is 2. The number of carbonyl (C=O) groups is 1. The summed E-state index contributed by atoms with van der Waals surface area (Å²) in [4.78, 5) is 14.6. The summed E-state index contributed by atoms with van der Waals surface area (Å²) in [6.07, 6.45) is 4.03. The Morgan fingerprint density at radius 2 is 2.14 bits per heavy atom. The molecule has 0 saturated carbocycles. The molecule has 5 nitrogen and oxygen atoms in total. The zero-order valence-corrected chi connectivity index (χ0v) is 14.6. The SMILES string of the molecule is CCc1noc(CC)c1CC(=O)N1CCC(C)CC1CN.Cl. The van der Waals surface area contributed by atoms with E-state index < -0.39 is 0 Å². The van der Waals surface area contributed by atoms with Crippen molar-refractivity contribution in [1.82, 2.24) is 10.1 Å². The molecule has 0 spiro atoms. The number of halogens is 1. The number of aromatic nitrogens is 1. The van der Waals surface area contributed by atoms with Gasteiger partial charge in [0.1, 0.15) is 5.76 Å². The summed E-state index contributed by atoms with van der Waals surface area (Å²) < 4.78 is 5.35. The summed E-state index contributed by atoms with van der Waals surface area (Å²) in [5.41, 5.74) is 7.75. The van der Waals surface area contributed by atoms with Crippen LogP contribution in [0.3, 0.4) is 0 Å². The maximum atomic E-state index is 12.7. The number of nitrogens with two attached hydrogens (primary N) is 1. The van der Waals surface area contributed by atoms with Gasteiger partial charge in [-0.2, -0.15) is 0 Å². The normalized spacial score (nSPS) is 21.5. The lowest BCUT2D eigenvalue weighted by Crippen LogP contribution is -2.49. The molecule has 1 saturated heterocycles. The maximum absolute atomic E-state index is 12.7. The van der Waals surface area contributed by atoms with Crippen LogP contribution in [0.1, 0.15) is 50.6 Å². The maximum Gasteiger partial charge on any atom is 0.227 e. The highest BCUT2D eigenvalue weighted by Gasteiger charge is 2.30.